The van der Waals surface area contributed by atoms with Gasteiger partial charge in [-0.3, -0.25) is 4.90 Å². The van der Waals surface area contributed by atoms with Crippen LogP contribution in [0.25, 0.3) is 0 Å². The predicted octanol–water partition coefficient (Wildman–Crippen LogP) is 1.86. The van der Waals surface area contributed by atoms with Crippen LogP contribution < -0.4 is 0 Å². The van der Waals surface area contributed by atoms with Gasteiger partial charge in [0.05, 0.1) is 11.5 Å². The monoisotopic (exact) mass is 265 g/mol. The summed E-state index contributed by atoms with van der Waals surface area (Å²) < 4.78 is 23.1. The average Bonchev–Trinajstić information content (AvgIpc) is 2.70. The number of rotatable bonds is 5. The minimum atomic E-state index is -2.83. The molecule has 1 aromatic rings. The van der Waals surface area contributed by atoms with Crippen LogP contribution >= 0.6 is 0 Å². The molecule has 0 aliphatic carbocycles. The molecule has 1 saturated heterocycles. The molecule has 1 aliphatic rings. The molecule has 98 valence electrons. The molecule has 1 fully saturated rings. The van der Waals surface area contributed by atoms with Gasteiger partial charge in [-0.1, -0.05) is 36.4 Å². The molecule has 1 aromatic carbocycles. The van der Waals surface area contributed by atoms with E-state index in [1.807, 2.05) is 24.3 Å². The van der Waals surface area contributed by atoms with Crippen LogP contribution in [-0.2, 0) is 16.4 Å². The molecule has 2 rings (SSSR count). The van der Waals surface area contributed by atoms with Crippen molar-refractivity contribution in [3.63, 3.8) is 0 Å². The fourth-order valence-electron chi connectivity index (χ4n) is 2.39. The van der Waals surface area contributed by atoms with E-state index in [1.54, 1.807) is 0 Å². The standard InChI is InChI=1S/C14H19NO2S/c1-2-9-15(11-13-6-4-3-5-7-13)14-8-10-18(16,17)12-14/h2-7,14H,1,8-12H2/t14-/m0/s1. The van der Waals surface area contributed by atoms with Crippen molar-refractivity contribution in [1.82, 2.24) is 4.90 Å². The maximum atomic E-state index is 11.5. The third kappa shape index (κ3) is 3.43. The zero-order valence-electron chi connectivity index (χ0n) is 10.5. The van der Waals surface area contributed by atoms with Crippen LogP contribution in [-0.4, -0.2) is 37.4 Å². The highest BCUT2D eigenvalue weighted by Gasteiger charge is 2.31. The number of hydrogen-bond acceptors (Lipinski definition) is 3. The van der Waals surface area contributed by atoms with E-state index in [9.17, 15) is 8.42 Å². The van der Waals surface area contributed by atoms with E-state index >= 15 is 0 Å². The van der Waals surface area contributed by atoms with Crippen LogP contribution in [0.4, 0.5) is 0 Å². The van der Waals surface area contributed by atoms with E-state index in [2.05, 4.69) is 23.6 Å². The molecule has 0 bridgehead atoms. The van der Waals surface area contributed by atoms with E-state index in [4.69, 9.17) is 0 Å². The number of benzene rings is 1. The van der Waals surface area contributed by atoms with Crippen LogP contribution in [0.3, 0.4) is 0 Å². The summed E-state index contributed by atoms with van der Waals surface area (Å²) in [6, 6.07) is 10.3. The van der Waals surface area contributed by atoms with Crippen molar-refractivity contribution in [2.45, 2.75) is 19.0 Å². The van der Waals surface area contributed by atoms with E-state index in [1.165, 1.54) is 5.56 Å². The van der Waals surface area contributed by atoms with Crippen LogP contribution in [0.5, 0.6) is 0 Å². The Kier molecular flexibility index (Phi) is 4.19. The number of nitrogens with zero attached hydrogens (tertiary/aromatic N) is 1. The van der Waals surface area contributed by atoms with Crippen molar-refractivity contribution in [2.75, 3.05) is 18.1 Å². The Morgan fingerprint density at radius 2 is 2.06 bits per heavy atom. The molecule has 4 heteroatoms. The first-order chi connectivity index (χ1) is 8.61. The Hall–Kier alpha value is -1.13. The summed E-state index contributed by atoms with van der Waals surface area (Å²) in [6.45, 7) is 5.27. The highest BCUT2D eigenvalue weighted by Crippen LogP contribution is 2.19. The largest absolute Gasteiger partial charge is 0.291 e. The normalized spacial score (nSPS) is 22.2. The van der Waals surface area contributed by atoms with Crippen molar-refractivity contribution in [2.24, 2.45) is 0 Å². The molecule has 1 heterocycles. The molecule has 1 aliphatic heterocycles. The molecule has 1 atom stereocenters. The van der Waals surface area contributed by atoms with Gasteiger partial charge in [-0.05, 0) is 12.0 Å². The van der Waals surface area contributed by atoms with Crippen molar-refractivity contribution in [1.29, 1.82) is 0 Å². The molecular weight excluding hydrogens is 246 g/mol. The molecule has 0 radical (unpaired) electrons. The highest BCUT2D eigenvalue weighted by molar-refractivity contribution is 7.91. The maximum Gasteiger partial charge on any atom is 0.151 e. The second kappa shape index (κ2) is 5.67. The number of sulfone groups is 1. The molecule has 0 aromatic heterocycles. The van der Waals surface area contributed by atoms with Gasteiger partial charge >= 0.3 is 0 Å². The molecule has 0 amide bonds. The third-order valence-corrected chi connectivity index (χ3v) is 5.07. The SMILES string of the molecule is C=CCN(Cc1ccccc1)[C@H]1CCS(=O)(=O)C1. The molecular formula is C14H19NO2S. The van der Waals surface area contributed by atoms with Gasteiger partial charge in [-0.15, -0.1) is 6.58 Å². The van der Waals surface area contributed by atoms with Gasteiger partial charge < -0.3 is 0 Å². The number of hydrogen-bond donors (Lipinski definition) is 0. The van der Waals surface area contributed by atoms with Crippen LogP contribution in [0, 0.1) is 0 Å². The Balaban J connectivity index is 2.07. The second-order valence-electron chi connectivity index (χ2n) is 4.76. The topological polar surface area (TPSA) is 37.4 Å². The summed E-state index contributed by atoms with van der Waals surface area (Å²) in [6.07, 6.45) is 2.58. The van der Waals surface area contributed by atoms with Crippen molar-refractivity contribution < 1.29 is 8.42 Å². The van der Waals surface area contributed by atoms with E-state index < -0.39 is 9.84 Å². The smallest absolute Gasteiger partial charge is 0.151 e. The second-order valence-corrected chi connectivity index (χ2v) is 6.99. The van der Waals surface area contributed by atoms with Gasteiger partial charge in [0.2, 0.25) is 0 Å². The highest BCUT2D eigenvalue weighted by atomic mass is 32.2. The lowest BCUT2D eigenvalue weighted by molar-refractivity contribution is 0.227. The molecule has 0 unspecified atom stereocenters. The summed E-state index contributed by atoms with van der Waals surface area (Å²) in [5.74, 6) is 0.605. The van der Waals surface area contributed by atoms with E-state index in [-0.39, 0.29) is 11.8 Å². The summed E-state index contributed by atoms with van der Waals surface area (Å²) >= 11 is 0. The average molecular weight is 265 g/mol. The van der Waals surface area contributed by atoms with E-state index in [0.717, 1.165) is 19.5 Å². The first-order valence-electron chi connectivity index (χ1n) is 6.20. The minimum absolute atomic E-state index is 0.133. The summed E-state index contributed by atoms with van der Waals surface area (Å²) in [5, 5.41) is 0. The van der Waals surface area contributed by atoms with Gasteiger partial charge in [-0.2, -0.15) is 0 Å². The molecule has 0 spiro atoms. The Morgan fingerprint density at radius 3 is 2.61 bits per heavy atom. The first kappa shape index (κ1) is 13.3. The first-order valence-corrected chi connectivity index (χ1v) is 8.02. The molecule has 0 saturated carbocycles. The fraction of sp³-hybridized carbons (Fsp3) is 0.429. The van der Waals surface area contributed by atoms with Gasteiger partial charge in [0.1, 0.15) is 0 Å². The van der Waals surface area contributed by atoms with Crippen LogP contribution in [0.2, 0.25) is 0 Å². The zero-order chi connectivity index (χ0) is 13.0. The predicted molar refractivity (Wildman–Crippen MR) is 74.1 cm³/mol. The van der Waals surface area contributed by atoms with Gasteiger partial charge in [0.25, 0.3) is 0 Å². The van der Waals surface area contributed by atoms with Gasteiger partial charge in [0.15, 0.2) is 9.84 Å². The van der Waals surface area contributed by atoms with Crippen LogP contribution in [0.1, 0.15) is 12.0 Å². The van der Waals surface area contributed by atoms with Crippen molar-refractivity contribution >= 4 is 9.84 Å². The van der Waals surface area contributed by atoms with Crippen molar-refractivity contribution in [3.8, 4) is 0 Å². The summed E-state index contributed by atoms with van der Waals surface area (Å²) in [4.78, 5) is 2.20. The molecule has 0 N–H and O–H groups in total. The molecule has 18 heavy (non-hydrogen) atoms. The summed E-state index contributed by atoms with van der Waals surface area (Å²) in [7, 11) is -2.83. The maximum absolute atomic E-state index is 11.5. The van der Waals surface area contributed by atoms with E-state index in [0.29, 0.717) is 5.75 Å². The molecule has 3 nitrogen and oxygen atoms in total. The van der Waals surface area contributed by atoms with Crippen LogP contribution in [0.15, 0.2) is 43.0 Å². The quantitative estimate of drug-likeness (QED) is 0.763. The Bertz CT molecular complexity index is 496. The third-order valence-electron chi connectivity index (χ3n) is 3.32. The Morgan fingerprint density at radius 1 is 1.33 bits per heavy atom. The minimum Gasteiger partial charge on any atom is -0.291 e. The lowest BCUT2D eigenvalue weighted by Gasteiger charge is -2.26. The Labute approximate surface area is 109 Å². The van der Waals surface area contributed by atoms with Gasteiger partial charge in [-0.25, -0.2) is 8.42 Å². The zero-order valence-corrected chi connectivity index (χ0v) is 11.3. The summed E-state index contributed by atoms with van der Waals surface area (Å²) in [5.41, 5.74) is 1.21. The fourth-order valence-corrected chi connectivity index (χ4v) is 4.15. The van der Waals surface area contributed by atoms with Crippen molar-refractivity contribution in [3.05, 3.63) is 48.6 Å². The lowest BCUT2D eigenvalue weighted by Crippen LogP contribution is -2.35. The lowest BCUT2D eigenvalue weighted by atomic mass is 10.1. The van der Waals surface area contributed by atoms with Gasteiger partial charge in [0, 0.05) is 19.1 Å².